The maximum absolute atomic E-state index is 5.83. The molecule has 0 aliphatic heterocycles. The van der Waals surface area contributed by atoms with Crippen molar-refractivity contribution in [3.05, 3.63) is 76.5 Å². The van der Waals surface area contributed by atoms with Crippen molar-refractivity contribution in [3.63, 3.8) is 0 Å². The van der Waals surface area contributed by atoms with E-state index in [1.54, 1.807) is 0 Å². The third kappa shape index (κ3) is 3.35. The Morgan fingerprint density at radius 2 is 1.65 bits per heavy atom. The molecule has 0 amide bonds. The van der Waals surface area contributed by atoms with Crippen LogP contribution in [-0.2, 0) is 0 Å². The first-order valence-corrected chi connectivity index (χ1v) is 5.88. The Labute approximate surface area is 107 Å². The lowest BCUT2D eigenvalue weighted by molar-refractivity contribution is 1.58. The summed E-state index contributed by atoms with van der Waals surface area (Å²) in [6.07, 6.45) is 1.97. The van der Waals surface area contributed by atoms with E-state index in [0.29, 0.717) is 0 Å². The van der Waals surface area contributed by atoms with Crippen LogP contribution in [0.15, 0.2) is 60.3 Å². The van der Waals surface area contributed by atoms with E-state index < -0.39 is 0 Å². The zero-order chi connectivity index (χ0) is 12.1. The molecule has 0 saturated carbocycles. The van der Waals surface area contributed by atoms with Gasteiger partial charge in [0.1, 0.15) is 0 Å². The maximum atomic E-state index is 5.83. The van der Waals surface area contributed by atoms with Gasteiger partial charge in [0.25, 0.3) is 0 Å². The Bertz CT molecular complexity index is 544. The molecule has 2 rings (SSSR count). The van der Waals surface area contributed by atoms with Gasteiger partial charge in [-0.05, 0) is 41.8 Å². The molecule has 0 spiro atoms. The van der Waals surface area contributed by atoms with Crippen LogP contribution < -0.4 is 0 Å². The van der Waals surface area contributed by atoms with Crippen molar-refractivity contribution in [2.45, 2.75) is 6.92 Å². The first kappa shape index (κ1) is 11.7. The van der Waals surface area contributed by atoms with Gasteiger partial charge in [0.2, 0.25) is 0 Å². The minimum absolute atomic E-state index is 0.755. The van der Waals surface area contributed by atoms with Gasteiger partial charge in [-0.25, -0.2) is 0 Å². The Morgan fingerprint density at radius 1 is 1.00 bits per heavy atom. The number of benzene rings is 2. The minimum atomic E-state index is 0.755. The molecule has 0 bridgehead atoms. The lowest BCUT2D eigenvalue weighted by Gasteiger charge is -1.96. The van der Waals surface area contributed by atoms with E-state index in [1.165, 1.54) is 5.56 Å². The molecule has 17 heavy (non-hydrogen) atoms. The van der Waals surface area contributed by atoms with Gasteiger partial charge in [-0.3, -0.25) is 0 Å². The molecule has 2 aromatic carbocycles. The first-order valence-electron chi connectivity index (χ1n) is 5.50. The van der Waals surface area contributed by atoms with Crippen LogP contribution in [0.2, 0.25) is 5.02 Å². The fourth-order valence-corrected chi connectivity index (χ4v) is 1.65. The molecule has 0 heterocycles. The second kappa shape index (κ2) is 5.54. The van der Waals surface area contributed by atoms with Gasteiger partial charge in [0, 0.05) is 5.02 Å². The topological polar surface area (TPSA) is 0 Å². The van der Waals surface area contributed by atoms with Crippen LogP contribution in [0.25, 0.3) is 11.6 Å². The Hall–Kier alpha value is -1.75. The number of allylic oxidation sites excluding steroid dienone is 1. The molecule has 0 aliphatic rings. The van der Waals surface area contributed by atoms with E-state index in [9.17, 15) is 0 Å². The van der Waals surface area contributed by atoms with Crippen molar-refractivity contribution in [1.29, 1.82) is 0 Å². The highest BCUT2D eigenvalue weighted by molar-refractivity contribution is 6.30. The normalized spacial score (nSPS) is 9.53. The molecule has 0 aliphatic carbocycles. The zero-order valence-corrected chi connectivity index (χ0v) is 10.4. The predicted molar refractivity (Wildman–Crippen MR) is 75.0 cm³/mol. The summed E-state index contributed by atoms with van der Waals surface area (Å²) in [4.78, 5) is 0. The van der Waals surface area contributed by atoms with Crippen molar-refractivity contribution >= 4 is 23.3 Å². The predicted octanol–water partition coefficient (Wildman–Crippen LogP) is 5.06. The van der Waals surface area contributed by atoms with Gasteiger partial charge in [-0.15, -0.1) is 5.73 Å². The summed E-state index contributed by atoms with van der Waals surface area (Å²) in [5.41, 5.74) is 6.70. The van der Waals surface area contributed by atoms with Crippen LogP contribution in [0, 0.1) is 0 Å². The molecule has 0 aromatic heterocycles. The molecule has 0 saturated heterocycles. The first-order chi connectivity index (χ1) is 8.25. The average Bonchev–Trinajstić information content (AvgIpc) is 2.39. The van der Waals surface area contributed by atoms with Crippen molar-refractivity contribution in [1.82, 2.24) is 0 Å². The van der Waals surface area contributed by atoms with Gasteiger partial charge in [0.15, 0.2) is 0 Å². The third-order valence-electron chi connectivity index (χ3n) is 2.53. The lowest BCUT2D eigenvalue weighted by Crippen LogP contribution is -1.75. The Balaban J connectivity index is 2.27. The van der Waals surface area contributed by atoms with Crippen LogP contribution >= 0.6 is 11.6 Å². The van der Waals surface area contributed by atoms with Gasteiger partial charge < -0.3 is 0 Å². The molecule has 0 nitrogen and oxygen atoms in total. The van der Waals surface area contributed by atoms with Crippen molar-refractivity contribution < 1.29 is 0 Å². The Kier molecular flexibility index (Phi) is 3.82. The highest BCUT2D eigenvalue weighted by atomic mass is 35.5. The standard InChI is InChI=1S/C16H13Cl/c1-13(15-5-3-2-4-6-15)7-8-14-9-11-16(17)12-10-14/h2-6,8-12H,1H3. The molecule has 0 atom stereocenters. The van der Waals surface area contributed by atoms with Crippen molar-refractivity contribution in [3.8, 4) is 0 Å². The van der Waals surface area contributed by atoms with Crippen LogP contribution in [0.3, 0.4) is 0 Å². The molecule has 2 aromatic rings. The number of halogens is 1. The monoisotopic (exact) mass is 240 g/mol. The lowest BCUT2D eigenvalue weighted by atomic mass is 10.1. The van der Waals surface area contributed by atoms with Gasteiger partial charge in [-0.2, -0.15) is 0 Å². The fraction of sp³-hybridized carbons (Fsp3) is 0.0625. The van der Waals surface area contributed by atoms with Gasteiger partial charge in [0.05, 0.1) is 0 Å². The molecule has 0 N–H and O–H groups in total. The molecular formula is C16H13Cl. The van der Waals surface area contributed by atoms with Gasteiger partial charge in [-0.1, -0.05) is 54.1 Å². The van der Waals surface area contributed by atoms with E-state index >= 15 is 0 Å². The summed E-state index contributed by atoms with van der Waals surface area (Å²) < 4.78 is 0. The van der Waals surface area contributed by atoms with Crippen LogP contribution in [0.4, 0.5) is 0 Å². The van der Waals surface area contributed by atoms with E-state index in [-0.39, 0.29) is 0 Å². The maximum Gasteiger partial charge on any atom is 0.0406 e. The number of hydrogen-bond donors (Lipinski definition) is 0. The Morgan fingerprint density at radius 3 is 2.29 bits per heavy atom. The van der Waals surface area contributed by atoms with Crippen molar-refractivity contribution in [2.75, 3.05) is 0 Å². The zero-order valence-electron chi connectivity index (χ0n) is 9.65. The second-order valence-corrected chi connectivity index (χ2v) is 4.27. The summed E-state index contributed by atoms with van der Waals surface area (Å²) >= 11 is 5.83. The summed E-state index contributed by atoms with van der Waals surface area (Å²) in [6, 6.07) is 18.0. The van der Waals surface area contributed by atoms with E-state index in [0.717, 1.165) is 16.2 Å². The highest BCUT2D eigenvalue weighted by Crippen LogP contribution is 2.13. The minimum Gasteiger partial charge on any atom is -0.116 e. The summed E-state index contributed by atoms with van der Waals surface area (Å²) in [5.74, 6) is 0. The van der Waals surface area contributed by atoms with Crippen LogP contribution in [0.1, 0.15) is 18.1 Å². The molecule has 0 fully saturated rings. The quantitative estimate of drug-likeness (QED) is 0.644. The molecular weight excluding hydrogens is 228 g/mol. The van der Waals surface area contributed by atoms with Crippen molar-refractivity contribution in [2.24, 2.45) is 0 Å². The SMILES string of the molecule is CC(=C=Cc1ccc(Cl)cc1)c1ccccc1. The molecule has 84 valence electrons. The smallest absolute Gasteiger partial charge is 0.0406 e. The largest absolute Gasteiger partial charge is 0.116 e. The van der Waals surface area contributed by atoms with E-state index in [2.05, 4.69) is 24.8 Å². The summed E-state index contributed by atoms with van der Waals surface area (Å²) in [6.45, 7) is 2.06. The van der Waals surface area contributed by atoms with E-state index in [1.807, 2.05) is 48.5 Å². The van der Waals surface area contributed by atoms with Crippen LogP contribution in [-0.4, -0.2) is 0 Å². The summed E-state index contributed by atoms with van der Waals surface area (Å²) in [5, 5.41) is 0.755. The molecule has 0 radical (unpaired) electrons. The highest BCUT2D eigenvalue weighted by Gasteiger charge is 1.91. The van der Waals surface area contributed by atoms with E-state index in [4.69, 9.17) is 11.6 Å². The van der Waals surface area contributed by atoms with Crippen LogP contribution in [0.5, 0.6) is 0 Å². The summed E-state index contributed by atoms with van der Waals surface area (Å²) in [7, 11) is 0. The van der Waals surface area contributed by atoms with Gasteiger partial charge >= 0.3 is 0 Å². The number of hydrogen-bond acceptors (Lipinski definition) is 0. The fourth-order valence-electron chi connectivity index (χ4n) is 1.52. The number of rotatable bonds is 2. The molecule has 1 heteroatoms. The average molecular weight is 241 g/mol. The third-order valence-corrected chi connectivity index (χ3v) is 2.78. The second-order valence-electron chi connectivity index (χ2n) is 3.83. The molecule has 0 unspecified atom stereocenters.